The molecule has 1 amide bonds. The highest BCUT2D eigenvalue weighted by Crippen LogP contribution is 2.35. The summed E-state index contributed by atoms with van der Waals surface area (Å²) in [4.78, 5) is 22.9. The lowest BCUT2D eigenvalue weighted by Crippen LogP contribution is -2.11. The van der Waals surface area contributed by atoms with Crippen molar-refractivity contribution in [3.05, 3.63) is 17.7 Å². The first kappa shape index (κ1) is 10.8. The molecule has 1 aromatic rings. The normalized spacial score (nSPS) is 14.9. The topological polar surface area (TPSA) is 92.4 Å². The van der Waals surface area contributed by atoms with Crippen LogP contribution in [0.5, 0.6) is 0 Å². The molecule has 1 heterocycles. The Morgan fingerprint density at radius 1 is 1.50 bits per heavy atom. The minimum absolute atomic E-state index is 0.117. The Morgan fingerprint density at radius 2 is 2.25 bits per heavy atom. The number of benzene rings is 1. The highest BCUT2D eigenvalue weighted by molar-refractivity contribution is 7.99. The van der Waals surface area contributed by atoms with Crippen molar-refractivity contribution in [2.45, 2.75) is 11.3 Å². The van der Waals surface area contributed by atoms with Gasteiger partial charge in [0.15, 0.2) is 0 Å². The van der Waals surface area contributed by atoms with E-state index in [1.165, 1.54) is 17.8 Å². The Balaban J connectivity index is 2.57. The lowest BCUT2D eigenvalue weighted by molar-refractivity contribution is -0.115. The van der Waals surface area contributed by atoms with E-state index < -0.39 is 5.97 Å². The quantitative estimate of drug-likeness (QED) is 0.643. The van der Waals surface area contributed by atoms with Gasteiger partial charge in [-0.05, 0) is 12.1 Å². The first-order valence-electron chi connectivity index (χ1n) is 4.67. The molecule has 16 heavy (non-hydrogen) atoms. The molecule has 0 spiro atoms. The van der Waals surface area contributed by atoms with E-state index >= 15 is 0 Å². The largest absolute Gasteiger partial charge is 0.478 e. The van der Waals surface area contributed by atoms with Gasteiger partial charge >= 0.3 is 5.97 Å². The zero-order chi connectivity index (χ0) is 11.7. The number of fused-ring (bicyclic) bond motifs is 1. The number of anilines is 2. The van der Waals surface area contributed by atoms with Gasteiger partial charge in [-0.15, -0.1) is 11.8 Å². The van der Waals surface area contributed by atoms with Crippen molar-refractivity contribution in [2.75, 3.05) is 16.8 Å². The fraction of sp³-hybridized carbons (Fsp3) is 0.200. The Bertz CT molecular complexity index is 473. The van der Waals surface area contributed by atoms with E-state index in [2.05, 4.69) is 5.32 Å². The van der Waals surface area contributed by atoms with Crippen LogP contribution < -0.4 is 11.1 Å². The summed E-state index contributed by atoms with van der Waals surface area (Å²) in [6, 6.07) is 2.99. The molecule has 0 unspecified atom stereocenters. The maximum atomic E-state index is 11.3. The number of carboxylic acids is 1. The molecule has 1 aromatic carbocycles. The number of nitrogens with two attached hydrogens (primary N) is 1. The zero-order valence-corrected chi connectivity index (χ0v) is 9.13. The van der Waals surface area contributed by atoms with Gasteiger partial charge in [-0.25, -0.2) is 4.79 Å². The molecule has 6 heteroatoms. The van der Waals surface area contributed by atoms with Crippen LogP contribution in [0.2, 0.25) is 0 Å². The monoisotopic (exact) mass is 238 g/mol. The van der Waals surface area contributed by atoms with Crippen molar-refractivity contribution >= 4 is 35.0 Å². The van der Waals surface area contributed by atoms with Gasteiger partial charge in [0.1, 0.15) is 0 Å². The van der Waals surface area contributed by atoms with Crippen LogP contribution in [0.1, 0.15) is 16.8 Å². The van der Waals surface area contributed by atoms with Crippen LogP contribution in [-0.4, -0.2) is 22.7 Å². The van der Waals surface area contributed by atoms with Gasteiger partial charge in [0.25, 0.3) is 0 Å². The number of carbonyl (C=O) groups is 2. The van der Waals surface area contributed by atoms with Crippen molar-refractivity contribution in [3.63, 3.8) is 0 Å². The standard InChI is InChI=1S/C10H10N2O3S/c11-5-3-6(10(14)15)9-7(4-5)12-8(13)1-2-16-9/h3-4H,1-2,11H2,(H,12,13)(H,14,15). The second kappa shape index (κ2) is 4.05. The number of hydrogen-bond acceptors (Lipinski definition) is 4. The van der Waals surface area contributed by atoms with E-state index in [9.17, 15) is 9.59 Å². The number of hydrogen-bond donors (Lipinski definition) is 3. The molecule has 0 aromatic heterocycles. The molecule has 1 aliphatic heterocycles. The minimum Gasteiger partial charge on any atom is -0.478 e. The van der Waals surface area contributed by atoms with Crippen LogP contribution in [0.15, 0.2) is 17.0 Å². The number of amides is 1. The molecule has 0 radical (unpaired) electrons. The highest BCUT2D eigenvalue weighted by Gasteiger charge is 2.20. The summed E-state index contributed by atoms with van der Waals surface area (Å²) in [5.41, 5.74) is 6.56. The number of aromatic carboxylic acids is 1. The predicted octanol–water partition coefficient (Wildman–Crippen LogP) is 1.40. The lowest BCUT2D eigenvalue weighted by atomic mass is 10.1. The second-order valence-electron chi connectivity index (χ2n) is 3.40. The van der Waals surface area contributed by atoms with Gasteiger partial charge < -0.3 is 16.2 Å². The number of nitrogens with one attached hydrogen (secondary N) is 1. The number of carbonyl (C=O) groups excluding carboxylic acids is 1. The van der Waals surface area contributed by atoms with Crippen LogP contribution in [0.25, 0.3) is 0 Å². The summed E-state index contributed by atoms with van der Waals surface area (Å²) in [6.45, 7) is 0. The molecule has 0 aliphatic carbocycles. The van der Waals surface area contributed by atoms with Crippen LogP contribution in [-0.2, 0) is 4.79 Å². The first-order chi connectivity index (χ1) is 7.58. The fourth-order valence-corrected chi connectivity index (χ4v) is 2.58. The SMILES string of the molecule is Nc1cc2c(c(C(=O)O)c1)SCCC(=O)N2. The first-order valence-corrected chi connectivity index (χ1v) is 5.66. The summed E-state index contributed by atoms with van der Waals surface area (Å²) in [5.74, 6) is -0.580. The average molecular weight is 238 g/mol. The Labute approximate surface area is 96.0 Å². The maximum Gasteiger partial charge on any atom is 0.336 e. The maximum absolute atomic E-state index is 11.3. The van der Waals surface area contributed by atoms with Gasteiger partial charge in [-0.3, -0.25) is 4.79 Å². The predicted molar refractivity (Wildman–Crippen MR) is 61.8 cm³/mol. The minimum atomic E-state index is -1.04. The number of carboxylic acid groups (broad SMARTS) is 1. The molecule has 0 bridgehead atoms. The fourth-order valence-electron chi connectivity index (χ4n) is 1.52. The smallest absolute Gasteiger partial charge is 0.336 e. The third-order valence-electron chi connectivity index (χ3n) is 2.19. The van der Waals surface area contributed by atoms with Crippen LogP contribution in [0, 0.1) is 0 Å². The number of rotatable bonds is 1. The van der Waals surface area contributed by atoms with Crippen molar-refractivity contribution in [2.24, 2.45) is 0 Å². The van der Waals surface area contributed by atoms with Crippen molar-refractivity contribution < 1.29 is 14.7 Å². The van der Waals surface area contributed by atoms with Gasteiger partial charge in [0.2, 0.25) is 5.91 Å². The number of thioether (sulfide) groups is 1. The van der Waals surface area contributed by atoms with E-state index in [-0.39, 0.29) is 11.5 Å². The van der Waals surface area contributed by atoms with E-state index in [1.54, 1.807) is 6.07 Å². The van der Waals surface area contributed by atoms with Gasteiger partial charge in [-0.2, -0.15) is 0 Å². The molecular formula is C10H10N2O3S. The molecule has 1 aliphatic rings. The Morgan fingerprint density at radius 3 is 2.94 bits per heavy atom. The third-order valence-corrected chi connectivity index (χ3v) is 3.33. The van der Waals surface area contributed by atoms with Gasteiger partial charge in [0, 0.05) is 22.8 Å². The summed E-state index contributed by atoms with van der Waals surface area (Å²) in [5, 5.41) is 11.7. The third kappa shape index (κ3) is 1.96. The molecule has 0 saturated carbocycles. The lowest BCUT2D eigenvalue weighted by Gasteiger charge is -2.10. The van der Waals surface area contributed by atoms with Crippen LogP contribution in [0.3, 0.4) is 0 Å². The Hall–Kier alpha value is -1.69. The Kier molecular flexibility index (Phi) is 2.74. The molecule has 4 N–H and O–H groups in total. The van der Waals surface area contributed by atoms with Crippen LogP contribution >= 0.6 is 11.8 Å². The average Bonchev–Trinajstić information content (AvgIpc) is 2.37. The van der Waals surface area contributed by atoms with E-state index in [0.717, 1.165) is 0 Å². The molecule has 5 nitrogen and oxygen atoms in total. The second-order valence-corrected chi connectivity index (χ2v) is 4.50. The summed E-state index contributed by atoms with van der Waals surface area (Å²) >= 11 is 1.36. The number of nitrogen functional groups attached to an aromatic ring is 1. The molecular weight excluding hydrogens is 228 g/mol. The zero-order valence-electron chi connectivity index (χ0n) is 8.32. The molecule has 0 saturated heterocycles. The van der Waals surface area contributed by atoms with E-state index in [0.29, 0.717) is 28.4 Å². The molecule has 0 fully saturated rings. The van der Waals surface area contributed by atoms with E-state index in [1.807, 2.05) is 0 Å². The summed E-state index contributed by atoms with van der Waals surface area (Å²) < 4.78 is 0. The summed E-state index contributed by atoms with van der Waals surface area (Å²) in [6.07, 6.45) is 0.373. The van der Waals surface area contributed by atoms with Gasteiger partial charge in [-0.1, -0.05) is 0 Å². The molecule has 84 valence electrons. The van der Waals surface area contributed by atoms with Crippen molar-refractivity contribution in [3.8, 4) is 0 Å². The van der Waals surface area contributed by atoms with E-state index in [4.69, 9.17) is 10.8 Å². The summed E-state index contributed by atoms with van der Waals surface area (Å²) in [7, 11) is 0. The van der Waals surface area contributed by atoms with Crippen molar-refractivity contribution in [1.82, 2.24) is 0 Å². The van der Waals surface area contributed by atoms with Gasteiger partial charge in [0.05, 0.1) is 11.3 Å². The van der Waals surface area contributed by atoms with Crippen molar-refractivity contribution in [1.29, 1.82) is 0 Å². The molecule has 0 atom stereocenters. The molecule has 2 rings (SSSR count). The van der Waals surface area contributed by atoms with Crippen LogP contribution in [0.4, 0.5) is 11.4 Å². The highest BCUT2D eigenvalue weighted by atomic mass is 32.2.